The average molecular weight is 419 g/mol. The quantitative estimate of drug-likeness (QED) is 0.691. The van der Waals surface area contributed by atoms with E-state index < -0.39 is 0 Å². The lowest BCUT2D eigenvalue weighted by Gasteiger charge is -2.33. The van der Waals surface area contributed by atoms with Gasteiger partial charge < -0.3 is 10.2 Å². The molecule has 1 atom stereocenters. The molecule has 1 saturated heterocycles. The number of nitrogens with zero attached hydrogens (tertiary/aromatic N) is 5. The molecule has 4 rings (SSSR count). The maximum absolute atomic E-state index is 13.1. The number of aryl methyl sites for hydroxylation is 5. The number of nitrogens with one attached hydrogen (secondary N) is 1. The van der Waals surface area contributed by atoms with Gasteiger partial charge in [-0.2, -0.15) is 5.10 Å². The minimum Gasteiger partial charge on any atom is -0.356 e. The first-order valence-corrected chi connectivity index (χ1v) is 10.8. The molecule has 1 fully saturated rings. The summed E-state index contributed by atoms with van der Waals surface area (Å²) in [7, 11) is 0. The Morgan fingerprint density at radius 2 is 1.71 bits per heavy atom. The predicted octanol–water partition coefficient (Wildman–Crippen LogP) is 4.06. The van der Waals surface area contributed by atoms with E-state index in [1.807, 2.05) is 44.5 Å². The van der Waals surface area contributed by atoms with Gasteiger partial charge in [-0.1, -0.05) is 17.7 Å². The molecule has 31 heavy (non-hydrogen) atoms. The minimum atomic E-state index is -0.0825. The monoisotopic (exact) mass is 418 g/mol. The topological polar surface area (TPSA) is 75.9 Å². The van der Waals surface area contributed by atoms with Gasteiger partial charge in [-0.3, -0.25) is 4.79 Å². The number of aromatic nitrogens is 4. The highest BCUT2D eigenvalue weighted by molar-refractivity contribution is 5.94. The molecule has 0 aliphatic carbocycles. The molecular weight excluding hydrogens is 388 g/mol. The summed E-state index contributed by atoms with van der Waals surface area (Å²) in [4.78, 5) is 24.1. The van der Waals surface area contributed by atoms with Crippen LogP contribution in [0.5, 0.6) is 0 Å². The highest BCUT2D eigenvalue weighted by Gasteiger charge is 2.27. The summed E-state index contributed by atoms with van der Waals surface area (Å²) in [6.07, 6.45) is 3.40. The molecule has 7 nitrogen and oxygen atoms in total. The Balaban J connectivity index is 1.51. The highest BCUT2D eigenvalue weighted by Crippen LogP contribution is 2.26. The smallest absolute Gasteiger partial charge is 0.229 e. The van der Waals surface area contributed by atoms with Crippen LogP contribution in [0.15, 0.2) is 30.6 Å². The Bertz CT molecular complexity index is 1100. The third-order valence-corrected chi connectivity index (χ3v) is 5.91. The summed E-state index contributed by atoms with van der Waals surface area (Å²) in [6.45, 7) is 11.7. The summed E-state index contributed by atoms with van der Waals surface area (Å²) in [5, 5.41) is 7.71. The number of piperidine rings is 1. The molecule has 1 aliphatic rings. The second-order valence-electron chi connectivity index (χ2n) is 8.62. The van der Waals surface area contributed by atoms with Crippen LogP contribution in [-0.2, 0) is 4.79 Å². The lowest BCUT2D eigenvalue weighted by atomic mass is 9.96. The minimum absolute atomic E-state index is 0.0765. The largest absolute Gasteiger partial charge is 0.356 e. The molecule has 2 aromatic heterocycles. The van der Waals surface area contributed by atoms with Crippen LogP contribution >= 0.6 is 0 Å². The molecule has 7 heteroatoms. The van der Waals surface area contributed by atoms with Crippen LogP contribution in [0.2, 0.25) is 0 Å². The zero-order chi connectivity index (χ0) is 22.1. The number of carbonyl (C=O) groups is 1. The first-order valence-electron chi connectivity index (χ1n) is 10.8. The molecule has 1 aliphatic heterocycles. The fourth-order valence-electron chi connectivity index (χ4n) is 4.49. The average Bonchev–Trinajstić information content (AvgIpc) is 3.08. The fourth-order valence-corrected chi connectivity index (χ4v) is 4.49. The van der Waals surface area contributed by atoms with E-state index >= 15 is 0 Å². The van der Waals surface area contributed by atoms with Crippen molar-refractivity contribution < 1.29 is 4.79 Å². The van der Waals surface area contributed by atoms with Gasteiger partial charge in [0.2, 0.25) is 5.91 Å². The summed E-state index contributed by atoms with van der Waals surface area (Å²) >= 11 is 0. The Hall–Kier alpha value is -3.22. The standard InChI is InChI=1S/C24H30N6O/c1-15-9-16(2)23(17(3)10-15)27-24(31)20-7-6-8-29(13-20)21-12-22(26-14-25-21)30-19(5)11-18(4)28-30/h9-12,14,20H,6-8,13H2,1-5H3,(H,27,31). The fraction of sp³-hybridized carbons (Fsp3) is 0.417. The Morgan fingerprint density at radius 1 is 1.00 bits per heavy atom. The van der Waals surface area contributed by atoms with Crippen LogP contribution in [0.3, 0.4) is 0 Å². The van der Waals surface area contributed by atoms with Crippen molar-refractivity contribution in [2.24, 2.45) is 5.92 Å². The first-order chi connectivity index (χ1) is 14.8. The van der Waals surface area contributed by atoms with Crippen molar-refractivity contribution in [3.05, 3.63) is 58.7 Å². The van der Waals surface area contributed by atoms with Crippen molar-refractivity contribution in [3.8, 4) is 5.82 Å². The molecule has 3 heterocycles. The SMILES string of the molecule is Cc1cc(C)c(NC(=O)C2CCCN(c3cc(-n4nc(C)cc4C)ncn3)C2)c(C)c1. The molecule has 1 aromatic carbocycles. The van der Waals surface area contributed by atoms with Crippen molar-refractivity contribution in [3.63, 3.8) is 0 Å². The number of rotatable bonds is 4. The van der Waals surface area contributed by atoms with Gasteiger partial charge in [0.1, 0.15) is 12.1 Å². The van der Waals surface area contributed by atoms with E-state index in [1.165, 1.54) is 5.56 Å². The molecule has 0 radical (unpaired) electrons. The number of amides is 1. The normalized spacial score (nSPS) is 16.4. The van der Waals surface area contributed by atoms with Crippen LogP contribution in [-0.4, -0.2) is 38.7 Å². The van der Waals surface area contributed by atoms with Gasteiger partial charge in [-0.15, -0.1) is 0 Å². The summed E-state index contributed by atoms with van der Waals surface area (Å²) in [5.74, 6) is 1.57. The number of benzene rings is 1. The van der Waals surface area contributed by atoms with Gasteiger partial charge in [0.15, 0.2) is 5.82 Å². The van der Waals surface area contributed by atoms with Crippen LogP contribution in [0.25, 0.3) is 5.82 Å². The van der Waals surface area contributed by atoms with Crippen LogP contribution in [0, 0.1) is 40.5 Å². The zero-order valence-electron chi connectivity index (χ0n) is 18.9. The second-order valence-corrected chi connectivity index (χ2v) is 8.62. The van der Waals surface area contributed by atoms with E-state index in [9.17, 15) is 4.79 Å². The van der Waals surface area contributed by atoms with Gasteiger partial charge in [0.25, 0.3) is 0 Å². The first kappa shape index (κ1) is 21.0. The summed E-state index contributed by atoms with van der Waals surface area (Å²) in [5.41, 5.74) is 6.32. The maximum atomic E-state index is 13.1. The molecule has 1 amide bonds. The van der Waals surface area contributed by atoms with Gasteiger partial charge in [-0.25, -0.2) is 14.6 Å². The van der Waals surface area contributed by atoms with E-state index in [4.69, 9.17) is 0 Å². The second kappa shape index (κ2) is 8.49. The summed E-state index contributed by atoms with van der Waals surface area (Å²) in [6, 6.07) is 8.19. The molecule has 0 spiro atoms. The van der Waals surface area contributed by atoms with E-state index in [1.54, 1.807) is 6.33 Å². The lowest BCUT2D eigenvalue weighted by molar-refractivity contribution is -0.120. The van der Waals surface area contributed by atoms with E-state index in [2.05, 4.69) is 44.3 Å². The molecule has 162 valence electrons. The maximum Gasteiger partial charge on any atom is 0.229 e. The van der Waals surface area contributed by atoms with Crippen LogP contribution < -0.4 is 10.2 Å². The van der Waals surface area contributed by atoms with Gasteiger partial charge in [-0.05, 0) is 64.7 Å². The van der Waals surface area contributed by atoms with Crippen molar-refractivity contribution in [1.82, 2.24) is 19.7 Å². The molecule has 1 N–H and O–H groups in total. The third kappa shape index (κ3) is 4.45. The Kier molecular flexibility index (Phi) is 5.76. The number of carbonyl (C=O) groups excluding carboxylic acids is 1. The van der Waals surface area contributed by atoms with Crippen LogP contribution in [0.1, 0.15) is 40.9 Å². The van der Waals surface area contributed by atoms with Crippen molar-refractivity contribution >= 4 is 17.4 Å². The number of hydrogen-bond donors (Lipinski definition) is 1. The predicted molar refractivity (Wildman–Crippen MR) is 123 cm³/mol. The van der Waals surface area contributed by atoms with E-state index in [0.717, 1.165) is 59.2 Å². The number of hydrogen-bond acceptors (Lipinski definition) is 5. The summed E-state index contributed by atoms with van der Waals surface area (Å²) < 4.78 is 1.83. The van der Waals surface area contributed by atoms with Crippen LogP contribution in [0.4, 0.5) is 11.5 Å². The molecular formula is C24H30N6O. The molecule has 3 aromatic rings. The Labute approximate surface area is 183 Å². The molecule has 1 unspecified atom stereocenters. The highest BCUT2D eigenvalue weighted by atomic mass is 16.1. The van der Waals surface area contributed by atoms with Gasteiger partial charge in [0, 0.05) is 30.5 Å². The van der Waals surface area contributed by atoms with Crippen molar-refractivity contribution in [2.75, 3.05) is 23.3 Å². The van der Waals surface area contributed by atoms with Crippen molar-refractivity contribution in [2.45, 2.75) is 47.5 Å². The van der Waals surface area contributed by atoms with E-state index in [-0.39, 0.29) is 11.8 Å². The van der Waals surface area contributed by atoms with Gasteiger partial charge in [0.05, 0.1) is 11.6 Å². The molecule has 0 saturated carbocycles. The lowest BCUT2D eigenvalue weighted by Crippen LogP contribution is -2.41. The zero-order valence-corrected chi connectivity index (χ0v) is 18.9. The Morgan fingerprint density at radius 3 is 2.39 bits per heavy atom. The van der Waals surface area contributed by atoms with E-state index in [0.29, 0.717) is 6.54 Å². The third-order valence-electron chi connectivity index (χ3n) is 5.91. The number of anilines is 2. The van der Waals surface area contributed by atoms with Gasteiger partial charge >= 0.3 is 0 Å². The van der Waals surface area contributed by atoms with Crippen molar-refractivity contribution in [1.29, 1.82) is 0 Å². The molecule has 0 bridgehead atoms.